The summed E-state index contributed by atoms with van der Waals surface area (Å²) < 4.78 is 28.0. The number of carbonyl (C=O) groups is 1. The van der Waals surface area contributed by atoms with Gasteiger partial charge in [-0.15, -0.1) is 11.6 Å². The largest absolute Gasteiger partial charge is 0.484 e. The van der Waals surface area contributed by atoms with Crippen LogP contribution in [0.4, 0.5) is 5.69 Å². The highest BCUT2D eigenvalue weighted by atomic mass is 35.5. The van der Waals surface area contributed by atoms with Gasteiger partial charge in [0.05, 0.1) is 22.9 Å². The minimum Gasteiger partial charge on any atom is -0.484 e. The van der Waals surface area contributed by atoms with E-state index in [-0.39, 0.29) is 18.1 Å². The Morgan fingerprint density at radius 1 is 1.45 bits per heavy atom. The summed E-state index contributed by atoms with van der Waals surface area (Å²) in [6.45, 7) is -0.219. The van der Waals surface area contributed by atoms with Crippen molar-refractivity contribution < 1.29 is 17.9 Å². The first-order valence-corrected chi connectivity index (χ1v) is 8.24. The summed E-state index contributed by atoms with van der Waals surface area (Å²) in [6, 6.07) is 6.11. The molecule has 110 valence electrons. The Bertz CT molecular complexity index is 605. The summed E-state index contributed by atoms with van der Waals surface area (Å²) in [5, 5.41) is 1.96. The van der Waals surface area contributed by atoms with Crippen LogP contribution in [0.2, 0.25) is 0 Å². The lowest BCUT2D eigenvalue weighted by Gasteiger charge is -2.14. The standard InChI is InChI=1S/C12H15ClN2O4S/c13-10-6-20(17,18)7-11(10)15-12(16)5-19-9-3-1-2-8(14)4-9/h1-4,10-11H,5-7,14H2,(H,15,16). The predicted octanol–water partition coefficient (Wildman–Crippen LogP) is 0.168. The zero-order valence-electron chi connectivity index (χ0n) is 10.6. The molecule has 0 aromatic heterocycles. The molecule has 0 bridgehead atoms. The lowest BCUT2D eigenvalue weighted by atomic mass is 10.2. The third kappa shape index (κ3) is 4.01. The highest BCUT2D eigenvalue weighted by Crippen LogP contribution is 2.18. The molecule has 1 aliphatic heterocycles. The maximum Gasteiger partial charge on any atom is 0.258 e. The van der Waals surface area contributed by atoms with Gasteiger partial charge in [-0.1, -0.05) is 6.07 Å². The molecule has 1 amide bonds. The summed E-state index contributed by atoms with van der Waals surface area (Å²) in [5.41, 5.74) is 6.11. The van der Waals surface area contributed by atoms with Crippen LogP contribution in [0.1, 0.15) is 0 Å². The van der Waals surface area contributed by atoms with Crippen LogP contribution >= 0.6 is 11.6 Å². The van der Waals surface area contributed by atoms with E-state index in [4.69, 9.17) is 22.1 Å². The molecule has 1 fully saturated rings. The Morgan fingerprint density at radius 3 is 2.80 bits per heavy atom. The maximum absolute atomic E-state index is 11.7. The Morgan fingerprint density at radius 2 is 2.20 bits per heavy atom. The Labute approximate surface area is 122 Å². The number of rotatable bonds is 4. The van der Waals surface area contributed by atoms with Crippen molar-refractivity contribution in [1.29, 1.82) is 0 Å². The number of anilines is 1. The number of carbonyl (C=O) groups excluding carboxylic acids is 1. The molecule has 2 rings (SSSR count). The van der Waals surface area contributed by atoms with Crippen LogP contribution in [0.3, 0.4) is 0 Å². The molecule has 2 unspecified atom stereocenters. The van der Waals surface area contributed by atoms with Gasteiger partial charge in [0.15, 0.2) is 16.4 Å². The molecule has 0 radical (unpaired) electrons. The lowest BCUT2D eigenvalue weighted by molar-refractivity contribution is -0.123. The fraction of sp³-hybridized carbons (Fsp3) is 0.417. The van der Waals surface area contributed by atoms with Crippen LogP contribution in [0.25, 0.3) is 0 Å². The molecule has 1 aromatic rings. The van der Waals surface area contributed by atoms with Crippen molar-refractivity contribution in [3.63, 3.8) is 0 Å². The molecule has 0 aliphatic carbocycles. The second-order valence-electron chi connectivity index (χ2n) is 4.63. The number of sulfone groups is 1. The monoisotopic (exact) mass is 318 g/mol. The Kier molecular flexibility index (Phi) is 4.39. The average Bonchev–Trinajstić information content (AvgIpc) is 2.60. The molecule has 1 saturated heterocycles. The van der Waals surface area contributed by atoms with Crippen molar-refractivity contribution in [3.05, 3.63) is 24.3 Å². The molecule has 1 aromatic carbocycles. The molecule has 20 heavy (non-hydrogen) atoms. The maximum atomic E-state index is 11.7. The van der Waals surface area contributed by atoms with E-state index in [9.17, 15) is 13.2 Å². The fourth-order valence-electron chi connectivity index (χ4n) is 1.94. The van der Waals surface area contributed by atoms with Crippen LogP contribution < -0.4 is 15.8 Å². The summed E-state index contributed by atoms with van der Waals surface area (Å²) >= 11 is 5.89. The molecule has 0 spiro atoms. The molecule has 6 nitrogen and oxygen atoms in total. The predicted molar refractivity (Wildman–Crippen MR) is 76.6 cm³/mol. The number of nitrogen functional groups attached to an aromatic ring is 1. The van der Waals surface area contributed by atoms with Gasteiger partial charge in [0, 0.05) is 11.8 Å². The summed E-state index contributed by atoms with van der Waals surface area (Å²) in [6.07, 6.45) is 0. The van der Waals surface area contributed by atoms with Gasteiger partial charge in [-0.2, -0.15) is 0 Å². The van der Waals surface area contributed by atoms with Crippen molar-refractivity contribution >= 4 is 33.0 Å². The van der Waals surface area contributed by atoms with Gasteiger partial charge in [0.1, 0.15) is 5.75 Å². The third-order valence-corrected chi connectivity index (χ3v) is 5.23. The van der Waals surface area contributed by atoms with E-state index in [1.165, 1.54) is 0 Å². The number of nitrogens with one attached hydrogen (secondary N) is 1. The van der Waals surface area contributed by atoms with Crippen LogP contribution in [0.5, 0.6) is 5.75 Å². The number of halogens is 1. The summed E-state index contributed by atoms with van der Waals surface area (Å²) in [4.78, 5) is 11.7. The van der Waals surface area contributed by atoms with E-state index < -0.39 is 27.2 Å². The smallest absolute Gasteiger partial charge is 0.258 e. The van der Waals surface area contributed by atoms with Crippen LogP contribution in [0.15, 0.2) is 24.3 Å². The van der Waals surface area contributed by atoms with Gasteiger partial charge in [0.25, 0.3) is 5.91 Å². The third-order valence-electron chi connectivity index (χ3n) is 2.86. The Hall–Kier alpha value is -1.47. The second kappa shape index (κ2) is 5.88. The summed E-state index contributed by atoms with van der Waals surface area (Å²) in [5.74, 6) is -0.192. The average molecular weight is 319 g/mol. The number of benzene rings is 1. The topological polar surface area (TPSA) is 98.5 Å². The SMILES string of the molecule is Nc1cccc(OCC(=O)NC2CS(=O)(=O)CC2Cl)c1. The van der Waals surface area contributed by atoms with Crippen molar-refractivity contribution in [2.45, 2.75) is 11.4 Å². The van der Waals surface area contributed by atoms with Crippen LogP contribution in [-0.2, 0) is 14.6 Å². The van der Waals surface area contributed by atoms with Gasteiger partial charge in [0.2, 0.25) is 0 Å². The van der Waals surface area contributed by atoms with Crippen LogP contribution in [-0.4, -0.2) is 43.9 Å². The highest BCUT2D eigenvalue weighted by Gasteiger charge is 2.37. The number of ether oxygens (including phenoxy) is 1. The number of alkyl halides is 1. The molecule has 1 aliphatic rings. The van der Waals surface area contributed by atoms with E-state index in [0.717, 1.165) is 0 Å². The van der Waals surface area contributed by atoms with Gasteiger partial charge in [-0.05, 0) is 12.1 Å². The van der Waals surface area contributed by atoms with Crippen molar-refractivity contribution in [2.24, 2.45) is 0 Å². The normalized spacial score (nSPS) is 24.2. The van der Waals surface area contributed by atoms with Crippen LogP contribution in [0, 0.1) is 0 Å². The molecule has 0 saturated carbocycles. The zero-order valence-corrected chi connectivity index (χ0v) is 12.2. The second-order valence-corrected chi connectivity index (χ2v) is 7.34. The van der Waals surface area contributed by atoms with Crippen molar-refractivity contribution in [3.8, 4) is 5.75 Å². The number of hydrogen-bond donors (Lipinski definition) is 2. The van der Waals surface area contributed by atoms with E-state index in [1.807, 2.05) is 0 Å². The molecular formula is C12H15ClN2O4S. The Balaban J connectivity index is 1.84. The minimum atomic E-state index is -3.17. The number of hydrogen-bond acceptors (Lipinski definition) is 5. The summed E-state index contributed by atoms with van der Waals surface area (Å²) in [7, 11) is -3.17. The van der Waals surface area contributed by atoms with Gasteiger partial charge >= 0.3 is 0 Å². The van der Waals surface area contributed by atoms with E-state index in [1.54, 1.807) is 24.3 Å². The highest BCUT2D eigenvalue weighted by molar-refractivity contribution is 7.91. The van der Waals surface area contributed by atoms with Crippen molar-refractivity contribution in [1.82, 2.24) is 5.32 Å². The minimum absolute atomic E-state index is 0.115. The molecule has 3 N–H and O–H groups in total. The first-order valence-electron chi connectivity index (χ1n) is 5.98. The number of nitrogens with two attached hydrogens (primary N) is 1. The quantitative estimate of drug-likeness (QED) is 0.609. The zero-order chi connectivity index (χ0) is 14.8. The number of amides is 1. The van der Waals surface area contributed by atoms with Gasteiger partial charge in [-0.3, -0.25) is 4.79 Å². The molecule has 2 atom stereocenters. The van der Waals surface area contributed by atoms with E-state index in [0.29, 0.717) is 11.4 Å². The molecule has 1 heterocycles. The first kappa shape index (κ1) is 14.9. The van der Waals surface area contributed by atoms with Gasteiger partial charge in [-0.25, -0.2) is 8.42 Å². The fourth-order valence-corrected chi connectivity index (χ4v) is 4.49. The van der Waals surface area contributed by atoms with Gasteiger partial charge < -0.3 is 15.8 Å². The molecule has 8 heteroatoms. The van der Waals surface area contributed by atoms with Crippen molar-refractivity contribution in [2.75, 3.05) is 23.8 Å². The molecular weight excluding hydrogens is 304 g/mol. The van der Waals surface area contributed by atoms with E-state index in [2.05, 4.69) is 5.32 Å². The lowest BCUT2D eigenvalue weighted by Crippen LogP contribution is -2.42. The first-order chi connectivity index (χ1) is 9.35. The van der Waals surface area contributed by atoms with E-state index >= 15 is 0 Å².